The molecule has 0 spiro atoms. The van der Waals surface area contributed by atoms with E-state index in [1.54, 1.807) is 0 Å². The Kier molecular flexibility index (Phi) is 29.1. The molecule has 0 fully saturated rings. The maximum Gasteiger partial charge on any atom is 0.407 e. The molecule has 3 aromatic carbocycles. The molecule has 0 unspecified atom stereocenters. The first kappa shape index (κ1) is 52.1. The summed E-state index contributed by atoms with van der Waals surface area (Å²) in [7, 11) is 0. The van der Waals surface area contributed by atoms with Gasteiger partial charge in [-0.05, 0) is 67.2 Å². The number of ether oxygens (including phenoxy) is 4. The minimum Gasteiger partial charge on any atom is -0.450 e. The number of hydrogen-bond acceptors (Lipinski definition) is 8. The molecule has 63 heavy (non-hydrogen) atoms. The number of unbranched alkanes of at least 4 members (excludes halogenated alkanes) is 14. The van der Waals surface area contributed by atoms with Crippen LogP contribution in [0.1, 0.15) is 157 Å². The second-order valence-electron chi connectivity index (χ2n) is 16.1. The molecule has 0 saturated heterocycles. The molecule has 3 rings (SSSR count). The van der Waals surface area contributed by atoms with Gasteiger partial charge in [0.1, 0.15) is 13.2 Å². The minimum atomic E-state index is -0.437. The zero-order chi connectivity index (χ0) is 44.8. The van der Waals surface area contributed by atoms with Crippen LogP contribution in [-0.2, 0) is 32.2 Å². The van der Waals surface area contributed by atoms with Crippen LogP contribution in [0.25, 0.3) is 0 Å². The summed E-state index contributed by atoms with van der Waals surface area (Å²) in [4.78, 5) is 47.9. The Morgan fingerprint density at radius 1 is 0.397 bits per heavy atom. The van der Waals surface area contributed by atoms with E-state index in [0.29, 0.717) is 39.4 Å². The topological polar surface area (TPSA) is 153 Å². The minimum absolute atomic E-state index is 0.166. The van der Waals surface area contributed by atoms with Crippen LogP contribution in [0.3, 0.4) is 0 Å². The van der Waals surface area contributed by atoms with Crippen LogP contribution in [-0.4, -0.2) is 63.8 Å². The fourth-order valence-electron chi connectivity index (χ4n) is 7.10. The molecule has 3 aromatic rings. The number of rotatable bonds is 34. The molecule has 4 amide bonds. The summed E-state index contributed by atoms with van der Waals surface area (Å²) < 4.78 is 21.2. The Morgan fingerprint density at radius 3 is 1.06 bits per heavy atom. The number of benzene rings is 3. The highest BCUT2D eigenvalue weighted by molar-refractivity contribution is 5.68. The first-order chi connectivity index (χ1) is 30.9. The van der Waals surface area contributed by atoms with Gasteiger partial charge in [0, 0.05) is 32.1 Å². The van der Waals surface area contributed by atoms with Gasteiger partial charge in [0.05, 0.1) is 13.2 Å². The average molecular weight is 873 g/mol. The average Bonchev–Trinajstić information content (AvgIpc) is 3.30. The first-order valence-corrected chi connectivity index (χ1v) is 23.7. The van der Waals surface area contributed by atoms with Crippen molar-refractivity contribution in [1.29, 1.82) is 0 Å². The summed E-state index contributed by atoms with van der Waals surface area (Å²) in [5, 5.41) is 11.3. The quantitative estimate of drug-likeness (QED) is 0.0342. The van der Waals surface area contributed by atoms with Crippen LogP contribution >= 0.6 is 0 Å². The molecule has 0 aliphatic rings. The first-order valence-electron chi connectivity index (χ1n) is 23.7. The number of carbonyl (C=O) groups excluding carboxylic acids is 4. The highest BCUT2D eigenvalue weighted by Crippen LogP contribution is 2.29. The maximum atomic E-state index is 12.2. The van der Waals surface area contributed by atoms with Crippen LogP contribution in [0, 0.1) is 0 Å². The molecule has 12 heteroatoms. The van der Waals surface area contributed by atoms with Crippen molar-refractivity contribution < 1.29 is 38.1 Å². The lowest BCUT2D eigenvalue weighted by atomic mass is 9.88. The van der Waals surface area contributed by atoms with E-state index in [2.05, 4.69) is 76.7 Å². The van der Waals surface area contributed by atoms with Gasteiger partial charge in [-0.2, -0.15) is 0 Å². The number of hydrogen-bond donors (Lipinski definition) is 4. The van der Waals surface area contributed by atoms with E-state index < -0.39 is 12.2 Å². The normalized spacial score (nSPS) is 10.8. The summed E-state index contributed by atoms with van der Waals surface area (Å²) in [5.41, 5.74) is 4.27. The molecule has 348 valence electrons. The summed E-state index contributed by atoms with van der Waals surface area (Å²) in [6, 6.07) is 28.5. The fourth-order valence-corrected chi connectivity index (χ4v) is 7.10. The van der Waals surface area contributed by atoms with Crippen molar-refractivity contribution in [3.8, 4) is 0 Å². The van der Waals surface area contributed by atoms with Crippen molar-refractivity contribution in [3.63, 3.8) is 0 Å². The third-order valence-corrected chi connectivity index (χ3v) is 10.8. The van der Waals surface area contributed by atoms with Crippen LogP contribution in [0.5, 0.6) is 0 Å². The van der Waals surface area contributed by atoms with Crippen LogP contribution in [0.2, 0.25) is 0 Å². The van der Waals surface area contributed by atoms with E-state index in [1.807, 2.05) is 36.4 Å². The largest absolute Gasteiger partial charge is 0.450 e. The van der Waals surface area contributed by atoms with Crippen molar-refractivity contribution in [1.82, 2.24) is 21.3 Å². The van der Waals surface area contributed by atoms with E-state index in [0.717, 1.165) is 114 Å². The van der Waals surface area contributed by atoms with Gasteiger partial charge in [-0.25, -0.2) is 19.2 Å². The van der Waals surface area contributed by atoms with Gasteiger partial charge in [0.2, 0.25) is 0 Å². The van der Waals surface area contributed by atoms with E-state index in [9.17, 15) is 19.2 Å². The van der Waals surface area contributed by atoms with E-state index >= 15 is 0 Å². The Balaban J connectivity index is 1.05. The van der Waals surface area contributed by atoms with Gasteiger partial charge < -0.3 is 40.2 Å². The molecular formula is C51H76N4O8. The van der Waals surface area contributed by atoms with E-state index in [4.69, 9.17) is 18.9 Å². The fraction of sp³-hybridized carbons (Fsp3) is 0.569. The van der Waals surface area contributed by atoms with Gasteiger partial charge in [0.15, 0.2) is 0 Å². The highest BCUT2D eigenvalue weighted by atomic mass is 16.6. The lowest BCUT2D eigenvalue weighted by Crippen LogP contribution is -2.25. The van der Waals surface area contributed by atoms with Crippen LogP contribution in [0.15, 0.2) is 84.9 Å². The van der Waals surface area contributed by atoms with E-state index in [-0.39, 0.29) is 31.3 Å². The predicted molar refractivity (Wildman–Crippen MR) is 250 cm³/mol. The van der Waals surface area contributed by atoms with Crippen molar-refractivity contribution in [2.75, 3.05) is 39.4 Å². The van der Waals surface area contributed by atoms with Crippen LogP contribution < -0.4 is 21.3 Å². The zero-order valence-corrected chi connectivity index (χ0v) is 38.0. The number of alkyl carbamates (subject to hydrolysis) is 4. The lowest BCUT2D eigenvalue weighted by molar-refractivity contribution is 0.137. The SMILES string of the molecule is CCCCOC(=O)NCCCCCCCCNC(=O)OCc1ccc(COC(=O)NCCCCCCCCCCCNC(=O)OCCCC(c2ccccc2)c2ccccc2)cc1. The molecule has 0 heterocycles. The molecular weight excluding hydrogens is 797 g/mol. The molecule has 12 nitrogen and oxygen atoms in total. The molecule has 0 radical (unpaired) electrons. The molecule has 4 N–H and O–H groups in total. The molecule has 0 aromatic heterocycles. The zero-order valence-electron chi connectivity index (χ0n) is 38.0. The smallest absolute Gasteiger partial charge is 0.407 e. The standard InChI is InChI=1S/C51H76N4O8/c1-2-3-39-60-48(56)52-35-22-13-9-10-14-24-38-55-51(59)63-42-44-33-31-43(32-34-44)41-62-50(58)54-37-23-12-8-6-4-5-7-11-21-36-53-49(57)61-40-25-30-47(45-26-17-15-18-27-45)46-28-19-16-20-29-46/h15-20,26-29,31-34,47H,2-14,21-25,30,35-42H2,1H3,(H,52,56)(H,53,57)(H,54,58)(H,55,59). The van der Waals surface area contributed by atoms with Crippen molar-refractivity contribution in [2.24, 2.45) is 0 Å². The highest BCUT2D eigenvalue weighted by Gasteiger charge is 2.14. The van der Waals surface area contributed by atoms with Gasteiger partial charge in [-0.3, -0.25) is 0 Å². The van der Waals surface area contributed by atoms with Crippen molar-refractivity contribution in [2.45, 2.75) is 148 Å². The number of nitrogens with one attached hydrogen (secondary N) is 4. The summed E-state index contributed by atoms with van der Waals surface area (Å²) in [6.07, 6.45) is 18.0. The Hall–Kier alpha value is -5.26. The van der Waals surface area contributed by atoms with Gasteiger partial charge in [0.25, 0.3) is 0 Å². The van der Waals surface area contributed by atoms with E-state index in [1.165, 1.54) is 30.4 Å². The third kappa shape index (κ3) is 26.7. The second-order valence-corrected chi connectivity index (χ2v) is 16.1. The number of amides is 4. The van der Waals surface area contributed by atoms with Crippen LogP contribution in [0.4, 0.5) is 19.2 Å². The molecule has 0 aliphatic heterocycles. The van der Waals surface area contributed by atoms with Gasteiger partial charge in [-0.1, -0.05) is 169 Å². The summed E-state index contributed by atoms with van der Waals surface area (Å²) in [5.74, 6) is 0.285. The molecule has 0 saturated carbocycles. The van der Waals surface area contributed by atoms with Gasteiger partial charge >= 0.3 is 24.4 Å². The Bertz CT molecular complexity index is 1590. The summed E-state index contributed by atoms with van der Waals surface area (Å²) in [6.45, 7) is 5.71. The third-order valence-electron chi connectivity index (χ3n) is 10.8. The monoisotopic (exact) mass is 873 g/mol. The molecule has 0 aliphatic carbocycles. The maximum absolute atomic E-state index is 12.2. The second kappa shape index (κ2) is 35.2. The molecule has 0 bridgehead atoms. The number of carbonyl (C=O) groups is 4. The van der Waals surface area contributed by atoms with Crippen molar-refractivity contribution in [3.05, 3.63) is 107 Å². The Morgan fingerprint density at radius 2 is 0.714 bits per heavy atom. The summed E-state index contributed by atoms with van der Waals surface area (Å²) >= 11 is 0. The molecule has 0 atom stereocenters. The van der Waals surface area contributed by atoms with Gasteiger partial charge in [-0.15, -0.1) is 0 Å². The van der Waals surface area contributed by atoms with Crippen molar-refractivity contribution >= 4 is 24.4 Å². The lowest BCUT2D eigenvalue weighted by Gasteiger charge is -2.18. The predicted octanol–water partition coefficient (Wildman–Crippen LogP) is 11.9. The Labute approximate surface area is 377 Å².